The number of fused-ring (bicyclic) bond motifs is 4. The normalized spacial score (nSPS) is 11.3. The fraction of sp³-hybridized carbons (Fsp3) is 0. The molecule has 0 N–H and O–H groups in total. The molecule has 2 heteroatoms. The average Bonchev–Trinajstić information content (AvgIpc) is 3.67. The molecule has 1 aromatic heterocycles. The van der Waals surface area contributed by atoms with Crippen molar-refractivity contribution in [3.05, 3.63) is 243 Å². The van der Waals surface area contributed by atoms with Crippen LogP contribution >= 0.6 is 0 Å². The third kappa shape index (κ3) is 6.32. The van der Waals surface area contributed by atoms with Gasteiger partial charge in [0, 0.05) is 33.3 Å². The molecule has 0 spiro atoms. The maximum absolute atomic E-state index is 2.41. The van der Waals surface area contributed by atoms with Crippen molar-refractivity contribution >= 4 is 49.6 Å². The van der Waals surface area contributed by atoms with Gasteiger partial charge in [0.25, 0.3) is 0 Å². The Labute approximate surface area is 350 Å². The Hall–Kier alpha value is -7.94. The van der Waals surface area contributed by atoms with E-state index in [0.29, 0.717) is 0 Å². The van der Waals surface area contributed by atoms with Gasteiger partial charge in [0.15, 0.2) is 0 Å². The van der Waals surface area contributed by atoms with E-state index in [9.17, 15) is 0 Å². The van der Waals surface area contributed by atoms with Crippen LogP contribution in [0.15, 0.2) is 243 Å². The summed E-state index contributed by atoms with van der Waals surface area (Å²) in [7, 11) is 0. The minimum atomic E-state index is 1.09. The maximum Gasteiger partial charge on any atom is 0.0541 e. The molecule has 11 rings (SSSR count). The zero-order chi connectivity index (χ0) is 39.8. The van der Waals surface area contributed by atoms with E-state index in [-0.39, 0.29) is 0 Å². The number of hydrogen-bond acceptors (Lipinski definition) is 1. The number of benzene rings is 10. The minimum Gasteiger partial charge on any atom is -0.310 e. The SMILES string of the molecule is c1ccc(-c2ccc(N(c3ccc(-c4ccc(-c5ccccc5-n5c6ccccc6c6ccccc65)cc4)cc3)c3ccccc3-c3ccc4ccccc4c3)cc2)cc1. The number of para-hydroxylation sites is 4. The van der Waals surface area contributed by atoms with Gasteiger partial charge in [-0.25, -0.2) is 0 Å². The standard InChI is InChI=1S/C58H40N2/c1-2-14-41(15-3-1)44-32-36-49(37-33-44)59(55-22-10-7-19-52(55)48-31-28-42-16-4-5-17-47(42)40-48)50-38-34-45(35-39-50)43-26-29-46(30-27-43)51-18-6-11-23-56(51)60-57-24-12-8-20-53(57)54-21-9-13-25-58(54)60/h1-40H. The van der Waals surface area contributed by atoms with E-state index in [4.69, 9.17) is 0 Å². The lowest BCUT2D eigenvalue weighted by Gasteiger charge is -2.28. The second kappa shape index (κ2) is 15.1. The van der Waals surface area contributed by atoms with Crippen molar-refractivity contribution in [1.29, 1.82) is 0 Å². The van der Waals surface area contributed by atoms with Crippen molar-refractivity contribution in [3.8, 4) is 50.2 Å². The molecule has 10 aromatic carbocycles. The molecule has 0 atom stereocenters. The summed E-state index contributed by atoms with van der Waals surface area (Å²) < 4.78 is 2.41. The fourth-order valence-electron chi connectivity index (χ4n) is 8.87. The first-order chi connectivity index (χ1) is 29.8. The Morgan fingerprint density at radius 1 is 0.283 bits per heavy atom. The highest BCUT2D eigenvalue weighted by atomic mass is 15.1. The fourth-order valence-corrected chi connectivity index (χ4v) is 8.87. The summed E-state index contributed by atoms with van der Waals surface area (Å²) in [6.07, 6.45) is 0. The molecular weight excluding hydrogens is 725 g/mol. The van der Waals surface area contributed by atoms with Crippen LogP contribution in [0.5, 0.6) is 0 Å². The largest absolute Gasteiger partial charge is 0.310 e. The van der Waals surface area contributed by atoms with Crippen LogP contribution < -0.4 is 4.90 Å². The van der Waals surface area contributed by atoms with Crippen LogP contribution in [0.1, 0.15) is 0 Å². The quantitative estimate of drug-likeness (QED) is 0.150. The minimum absolute atomic E-state index is 1.09. The summed E-state index contributed by atoms with van der Waals surface area (Å²) in [6, 6.07) is 87.8. The zero-order valence-corrected chi connectivity index (χ0v) is 33.0. The van der Waals surface area contributed by atoms with Crippen molar-refractivity contribution in [2.75, 3.05) is 4.90 Å². The van der Waals surface area contributed by atoms with Crippen LogP contribution in [0, 0.1) is 0 Å². The first-order valence-corrected chi connectivity index (χ1v) is 20.6. The third-order valence-electron chi connectivity index (χ3n) is 11.8. The topological polar surface area (TPSA) is 8.17 Å². The van der Waals surface area contributed by atoms with Gasteiger partial charge in [0.1, 0.15) is 0 Å². The lowest BCUT2D eigenvalue weighted by Crippen LogP contribution is -2.11. The smallest absolute Gasteiger partial charge is 0.0541 e. The summed E-state index contributed by atoms with van der Waals surface area (Å²) in [5, 5.41) is 5.00. The highest BCUT2D eigenvalue weighted by Crippen LogP contribution is 2.43. The number of hydrogen-bond donors (Lipinski definition) is 0. The molecule has 0 aliphatic carbocycles. The Morgan fingerprint density at radius 2 is 0.733 bits per heavy atom. The molecule has 0 bridgehead atoms. The molecule has 282 valence electrons. The van der Waals surface area contributed by atoms with Gasteiger partial charge in [-0.15, -0.1) is 0 Å². The van der Waals surface area contributed by atoms with Crippen LogP contribution in [0.3, 0.4) is 0 Å². The third-order valence-corrected chi connectivity index (χ3v) is 11.8. The molecule has 11 aromatic rings. The molecule has 0 radical (unpaired) electrons. The lowest BCUT2D eigenvalue weighted by molar-refractivity contribution is 1.18. The van der Waals surface area contributed by atoms with E-state index in [1.54, 1.807) is 0 Å². The second-order valence-electron chi connectivity index (χ2n) is 15.3. The van der Waals surface area contributed by atoms with Crippen LogP contribution in [-0.2, 0) is 0 Å². The van der Waals surface area contributed by atoms with Crippen LogP contribution in [0.2, 0.25) is 0 Å². The van der Waals surface area contributed by atoms with E-state index < -0.39 is 0 Å². The van der Waals surface area contributed by atoms with Gasteiger partial charge >= 0.3 is 0 Å². The predicted octanol–water partition coefficient (Wildman–Crippen LogP) is 16.1. The predicted molar refractivity (Wildman–Crippen MR) is 255 cm³/mol. The van der Waals surface area contributed by atoms with E-state index in [1.807, 2.05) is 0 Å². The molecule has 0 saturated carbocycles. The molecule has 0 aliphatic heterocycles. The first kappa shape index (κ1) is 35.2. The maximum atomic E-state index is 2.41. The Morgan fingerprint density at radius 3 is 1.38 bits per heavy atom. The van der Waals surface area contributed by atoms with Gasteiger partial charge in [0.2, 0.25) is 0 Å². The monoisotopic (exact) mass is 764 g/mol. The molecule has 0 aliphatic rings. The Bertz CT molecular complexity index is 3230. The van der Waals surface area contributed by atoms with Gasteiger partial charge in [-0.05, 0) is 98.8 Å². The van der Waals surface area contributed by atoms with Gasteiger partial charge in [-0.2, -0.15) is 0 Å². The average molecular weight is 765 g/mol. The van der Waals surface area contributed by atoms with E-state index in [0.717, 1.165) is 17.1 Å². The summed E-state index contributed by atoms with van der Waals surface area (Å²) in [6.45, 7) is 0. The number of aromatic nitrogens is 1. The highest BCUT2D eigenvalue weighted by Gasteiger charge is 2.19. The molecule has 0 amide bonds. The van der Waals surface area contributed by atoms with E-state index in [1.165, 1.54) is 82.8 Å². The van der Waals surface area contributed by atoms with Gasteiger partial charge in [-0.3, -0.25) is 0 Å². The first-order valence-electron chi connectivity index (χ1n) is 20.6. The Balaban J connectivity index is 0.961. The molecule has 0 fully saturated rings. The van der Waals surface area contributed by atoms with Gasteiger partial charge < -0.3 is 9.47 Å². The molecule has 2 nitrogen and oxygen atoms in total. The van der Waals surface area contributed by atoms with Crippen LogP contribution in [0.4, 0.5) is 17.1 Å². The summed E-state index contributed by atoms with van der Waals surface area (Å²) in [5.41, 5.74) is 16.4. The van der Waals surface area contributed by atoms with Gasteiger partial charge in [-0.1, -0.05) is 188 Å². The van der Waals surface area contributed by atoms with Crippen molar-refractivity contribution in [3.63, 3.8) is 0 Å². The molecule has 0 unspecified atom stereocenters. The Kier molecular flexibility index (Phi) is 8.87. The van der Waals surface area contributed by atoms with Crippen molar-refractivity contribution in [1.82, 2.24) is 4.57 Å². The highest BCUT2D eigenvalue weighted by molar-refractivity contribution is 6.09. The molecule has 0 saturated heterocycles. The van der Waals surface area contributed by atoms with E-state index >= 15 is 0 Å². The lowest BCUT2D eigenvalue weighted by atomic mass is 9.97. The van der Waals surface area contributed by atoms with Crippen LogP contribution in [0.25, 0.3) is 82.8 Å². The van der Waals surface area contributed by atoms with Gasteiger partial charge in [0.05, 0.1) is 22.4 Å². The number of nitrogens with zero attached hydrogens (tertiary/aromatic N) is 2. The molecule has 1 heterocycles. The second-order valence-corrected chi connectivity index (χ2v) is 15.3. The van der Waals surface area contributed by atoms with Crippen molar-refractivity contribution in [2.45, 2.75) is 0 Å². The van der Waals surface area contributed by atoms with Crippen molar-refractivity contribution in [2.24, 2.45) is 0 Å². The van der Waals surface area contributed by atoms with E-state index in [2.05, 4.69) is 252 Å². The summed E-state index contributed by atoms with van der Waals surface area (Å²) in [5.74, 6) is 0. The van der Waals surface area contributed by atoms with Crippen LogP contribution in [-0.4, -0.2) is 4.57 Å². The molecule has 60 heavy (non-hydrogen) atoms. The number of anilines is 3. The summed E-state index contributed by atoms with van der Waals surface area (Å²) >= 11 is 0. The number of rotatable bonds is 8. The zero-order valence-electron chi connectivity index (χ0n) is 33.0. The molecular formula is C58H40N2. The summed E-state index contributed by atoms with van der Waals surface area (Å²) in [4.78, 5) is 2.39. The van der Waals surface area contributed by atoms with Crippen molar-refractivity contribution < 1.29 is 0 Å².